The molecule has 2 nitrogen and oxygen atoms in total. The number of hydrogen-bond donors (Lipinski definition) is 0. The van der Waals surface area contributed by atoms with E-state index in [4.69, 9.17) is 0 Å². The van der Waals surface area contributed by atoms with Crippen molar-refractivity contribution < 1.29 is 0 Å². The number of imidazole rings is 1. The molecule has 1 heterocycles. The highest BCUT2D eigenvalue weighted by atomic mass is 28.2. The molecule has 0 amide bonds. The Hall–Kier alpha value is -5.19. The maximum absolute atomic E-state index is 4.46. The summed E-state index contributed by atoms with van der Waals surface area (Å²) >= 11 is 0. The number of aromatic nitrogens is 2. The second-order valence-corrected chi connectivity index (χ2v) is 14.9. The third-order valence-electron chi connectivity index (χ3n) is 9.33. The van der Waals surface area contributed by atoms with Gasteiger partial charge in [-0.3, -0.25) is 0 Å². The summed E-state index contributed by atoms with van der Waals surface area (Å²) < 4.78 is 2.30. The molecule has 0 saturated heterocycles. The number of hydrogen-bond acceptors (Lipinski definition) is 1. The van der Waals surface area contributed by atoms with Crippen LogP contribution in [0.15, 0.2) is 189 Å². The Morgan fingerprint density at radius 3 is 1.32 bits per heavy atom. The van der Waals surface area contributed by atoms with Crippen LogP contribution in [0, 0.1) is 0 Å². The van der Waals surface area contributed by atoms with Crippen molar-refractivity contribution in [1.82, 2.24) is 9.55 Å². The van der Waals surface area contributed by atoms with Gasteiger partial charge in [-0.1, -0.05) is 219 Å². The zero-order chi connectivity index (χ0) is 34.8. The van der Waals surface area contributed by atoms with Crippen molar-refractivity contribution in [3.05, 3.63) is 211 Å². The molecule has 2 radical (unpaired) electrons. The van der Waals surface area contributed by atoms with E-state index in [2.05, 4.69) is 213 Å². The Balaban J connectivity index is 0.000000194. The van der Waals surface area contributed by atoms with Crippen LogP contribution < -0.4 is 21.6 Å². The quantitative estimate of drug-likeness (QED) is 0.135. The molecule has 7 rings (SSSR count). The first-order valence-corrected chi connectivity index (χ1v) is 18.6. The maximum Gasteiger partial charge on any atom is 0.241 e. The SMILES string of the molecule is CC(C)c1cccc(C([Si]c2ccccc2)(c2cccc(C(C)C)c2)n2ccnc2)c1.c1ccc(B(c2ccccc2)c2ccccc2)cc1. The van der Waals surface area contributed by atoms with Crippen molar-refractivity contribution in [2.75, 3.05) is 0 Å². The van der Waals surface area contributed by atoms with Gasteiger partial charge in [0.25, 0.3) is 0 Å². The molecule has 50 heavy (non-hydrogen) atoms. The third-order valence-corrected chi connectivity index (χ3v) is 11.2. The molecular formula is C46H45BN2Si. The van der Waals surface area contributed by atoms with E-state index in [0.717, 1.165) is 0 Å². The average Bonchev–Trinajstić information content (AvgIpc) is 3.72. The molecule has 4 heteroatoms. The van der Waals surface area contributed by atoms with E-state index in [1.54, 1.807) is 0 Å². The van der Waals surface area contributed by atoms with Gasteiger partial charge in [-0.15, -0.1) is 0 Å². The minimum Gasteiger partial charge on any atom is -0.326 e. The lowest BCUT2D eigenvalue weighted by molar-refractivity contribution is 0.593. The van der Waals surface area contributed by atoms with E-state index >= 15 is 0 Å². The molecule has 0 aliphatic heterocycles. The van der Waals surface area contributed by atoms with Crippen LogP contribution in [0.5, 0.6) is 0 Å². The van der Waals surface area contributed by atoms with Gasteiger partial charge in [0.05, 0.1) is 11.5 Å². The Bertz CT molecular complexity index is 1880. The largest absolute Gasteiger partial charge is 0.326 e. The molecule has 6 aromatic carbocycles. The first-order valence-electron chi connectivity index (χ1n) is 17.6. The van der Waals surface area contributed by atoms with Gasteiger partial charge < -0.3 is 4.57 Å². The van der Waals surface area contributed by atoms with Gasteiger partial charge in [-0.05, 0) is 34.1 Å². The van der Waals surface area contributed by atoms with Crippen LogP contribution >= 0.6 is 0 Å². The maximum atomic E-state index is 4.46. The monoisotopic (exact) mass is 664 g/mol. The Morgan fingerprint density at radius 1 is 0.520 bits per heavy atom. The van der Waals surface area contributed by atoms with Gasteiger partial charge in [-0.25, -0.2) is 4.98 Å². The van der Waals surface area contributed by atoms with E-state index < -0.39 is 0 Å². The van der Waals surface area contributed by atoms with Crippen molar-refractivity contribution in [1.29, 1.82) is 0 Å². The van der Waals surface area contributed by atoms with E-state index in [0.29, 0.717) is 28.1 Å². The molecule has 0 atom stereocenters. The molecule has 0 fully saturated rings. The van der Waals surface area contributed by atoms with E-state index in [-0.39, 0.29) is 5.16 Å². The number of rotatable bonds is 10. The first-order chi connectivity index (χ1) is 24.5. The minimum atomic E-state index is -0.354. The van der Waals surface area contributed by atoms with Crippen molar-refractivity contribution in [3.63, 3.8) is 0 Å². The predicted octanol–water partition coefficient (Wildman–Crippen LogP) is 8.11. The highest BCUT2D eigenvalue weighted by Gasteiger charge is 2.38. The fraction of sp³-hybridized carbons (Fsp3) is 0.152. The van der Waals surface area contributed by atoms with E-state index in [1.807, 2.05) is 12.5 Å². The Morgan fingerprint density at radius 2 is 0.940 bits per heavy atom. The van der Waals surface area contributed by atoms with Gasteiger partial charge in [0.2, 0.25) is 6.71 Å². The van der Waals surface area contributed by atoms with E-state index in [1.165, 1.54) is 43.8 Å². The highest BCUT2D eigenvalue weighted by Crippen LogP contribution is 2.36. The average molecular weight is 665 g/mol. The zero-order valence-electron chi connectivity index (χ0n) is 29.5. The molecule has 0 aliphatic rings. The van der Waals surface area contributed by atoms with Crippen LogP contribution in [0.4, 0.5) is 0 Å². The molecular weight excluding hydrogens is 619 g/mol. The molecule has 246 valence electrons. The molecule has 7 aromatic rings. The summed E-state index contributed by atoms with van der Waals surface area (Å²) in [4.78, 5) is 4.46. The Labute approximate surface area is 301 Å². The smallest absolute Gasteiger partial charge is 0.241 e. The lowest BCUT2D eigenvalue weighted by atomic mass is 9.37. The summed E-state index contributed by atoms with van der Waals surface area (Å²) in [6, 6.07) is 61.1. The summed E-state index contributed by atoms with van der Waals surface area (Å²) in [7, 11) is 0.518. The first kappa shape index (κ1) is 34.7. The van der Waals surface area contributed by atoms with Crippen LogP contribution in [0.3, 0.4) is 0 Å². The standard InChI is InChI=1S/C28H30N2Si.C18H15B/c1-21(2)23-10-8-12-25(18-23)28(30-17-16-29-20-30,31-27-14-6-5-7-15-27)26-13-9-11-24(19-26)22(3)4;1-4-10-16(11-5-1)19(17-12-6-2-7-13-17)18-14-8-3-9-15-18/h5-22H,1-4H3;1-15H. The summed E-state index contributed by atoms with van der Waals surface area (Å²) in [5, 5.41) is 0.981. The fourth-order valence-electron chi connectivity index (χ4n) is 6.62. The summed E-state index contributed by atoms with van der Waals surface area (Å²) in [5.41, 5.74) is 9.33. The molecule has 0 bridgehead atoms. The molecule has 0 N–H and O–H groups in total. The summed E-state index contributed by atoms with van der Waals surface area (Å²) in [6.07, 6.45) is 5.98. The second kappa shape index (κ2) is 16.5. The molecule has 0 spiro atoms. The minimum absolute atomic E-state index is 0.309. The van der Waals surface area contributed by atoms with E-state index in [9.17, 15) is 0 Å². The highest BCUT2D eigenvalue weighted by molar-refractivity contribution is 6.95. The Kier molecular flexibility index (Phi) is 11.4. The fourth-order valence-corrected chi connectivity index (χ4v) is 8.26. The lowest BCUT2D eigenvalue weighted by Gasteiger charge is -2.37. The number of nitrogens with zero attached hydrogens (tertiary/aromatic N) is 2. The van der Waals surface area contributed by atoms with Gasteiger partial charge in [0, 0.05) is 12.4 Å². The van der Waals surface area contributed by atoms with Crippen LogP contribution in [0.25, 0.3) is 0 Å². The van der Waals surface area contributed by atoms with Crippen LogP contribution in [-0.4, -0.2) is 25.8 Å². The topological polar surface area (TPSA) is 17.8 Å². The molecule has 0 unspecified atom stereocenters. The normalized spacial score (nSPS) is 11.2. The van der Waals surface area contributed by atoms with Gasteiger partial charge in [0.1, 0.15) is 9.52 Å². The van der Waals surface area contributed by atoms with Crippen LogP contribution in [0.2, 0.25) is 0 Å². The van der Waals surface area contributed by atoms with Crippen molar-refractivity contribution in [2.45, 2.75) is 44.7 Å². The van der Waals surface area contributed by atoms with Gasteiger partial charge in [0.15, 0.2) is 0 Å². The van der Waals surface area contributed by atoms with Crippen molar-refractivity contribution in [2.24, 2.45) is 0 Å². The zero-order valence-corrected chi connectivity index (χ0v) is 30.5. The molecule has 0 saturated carbocycles. The van der Waals surface area contributed by atoms with Crippen molar-refractivity contribution in [3.8, 4) is 0 Å². The van der Waals surface area contributed by atoms with Crippen LogP contribution in [-0.2, 0) is 5.16 Å². The summed E-state index contributed by atoms with van der Waals surface area (Å²) in [5.74, 6) is 0.949. The van der Waals surface area contributed by atoms with Crippen LogP contribution in [0.1, 0.15) is 61.8 Å². The predicted molar refractivity (Wildman–Crippen MR) is 215 cm³/mol. The molecule has 1 aromatic heterocycles. The van der Waals surface area contributed by atoms with Gasteiger partial charge in [-0.2, -0.15) is 0 Å². The second-order valence-electron chi connectivity index (χ2n) is 13.4. The summed E-state index contributed by atoms with van der Waals surface area (Å²) in [6.45, 7) is 9.35. The van der Waals surface area contributed by atoms with Crippen molar-refractivity contribution >= 4 is 37.8 Å². The van der Waals surface area contributed by atoms with Gasteiger partial charge >= 0.3 is 0 Å². The lowest BCUT2D eigenvalue weighted by Crippen LogP contribution is -2.51. The molecule has 0 aliphatic carbocycles. The number of benzene rings is 6. The third kappa shape index (κ3) is 7.99.